The lowest BCUT2D eigenvalue weighted by molar-refractivity contribution is -0.143. The number of para-hydroxylation sites is 1. The molecule has 4 nitrogen and oxygen atoms in total. The monoisotopic (exact) mass is 248 g/mol. The maximum Gasteiger partial charge on any atom is 0.322 e. The average Bonchev–Trinajstić information content (AvgIpc) is 2.82. The normalized spacial score (nSPS) is 15.3. The molecule has 1 aliphatic heterocycles. The van der Waals surface area contributed by atoms with Crippen LogP contribution in [0.4, 0.5) is 5.69 Å². The minimum absolute atomic E-state index is 0.190. The van der Waals surface area contributed by atoms with E-state index < -0.39 is 0 Å². The Morgan fingerprint density at radius 2 is 2.28 bits per heavy atom. The second-order valence-corrected chi connectivity index (χ2v) is 4.52. The van der Waals surface area contributed by atoms with Crippen molar-refractivity contribution < 1.29 is 9.53 Å². The molecule has 0 radical (unpaired) electrons. The Bertz CT molecular complexity index is 420. The highest BCUT2D eigenvalue weighted by Crippen LogP contribution is 2.27. The first kappa shape index (κ1) is 12.9. The van der Waals surface area contributed by atoms with Gasteiger partial charge in [-0.3, -0.25) is 4.79 Å². The van der Waals surface area contributed by atoms with E-state index in [0.717, 1.165) is 25.9 Å². The van der Waals surface area contributed by atoms with Gasteiger partial charge in [0.15, 0.2) is 0 Å². The molecule has 1 heterocycles. The van der Waals surface area contributed by atoms with Crippen LogP contribution in [0, 0.1) is 0 Å². The summed E-state index contributed by atoms with van der Waals surface area (Å²) in [5.41, 5.74) is 2.70. The lowest BCUT2D eigenvalue weighted by Gasteiger charge is -2.22. The summed E-state index contributed by atoms with van der Waals surface area (Å²) in [6.07, 6.45) is 1.86. The van der Waals surface area contributed by atoms with Gasteiger partial charge < -0.3 is 15.0 Å². The lowest BCUT2D eigenvalue weighted by Crippen LogP contribution is -2.38. The van der Waals surface area contributed by atoms with Gasteiger partial charge in [0.05, 0.1) is 7.11 Å². The van der Waals surface area contributed by atoms with E-state index in [1.807, 2.05) is 0 Å². The first-order valence-corrected chi connectivity index (χ1v) is 6.34. The molecule has 1 atom stereocenters. The number of methoxy groups -OCH3 is 1. The summed E-state index contributed by atoms with van der Waals surface area (Å²) in [5.74, 6) is -0.190. The van der Waals surface area contributed by atoms with Crippen LogP contribution in [0.1, 0.15) is 12.0 Å². The number of hydrogen-bond acceptors (Lipinski definition) is 4. The quantitative estimate of drug-likeness (QED) is 0.795. The molecule has 2 rings (SSSR count). The van der Waals surface area contributed by atoms with Crippen LogP contribution in [0.5, 0.6) is 0 Å². The molecule has 0 aliphatic carbocycles. The van der Waals surface area contributed by atoms with Crippen molar-refractivity contribution in [1.29, 1.82) is 0 Å². The van der Waals surface area contributed by atoms with Crippen LogP contribution < -0.4 is 10.2 Å². The fourth-order valence-electron chi connectivity index (χ4n) is 2.45. The largest absolute Gasteiger partial charge is 0.468 e. The number of benzene rings is 1. The second kappa shape index (κ2) is 5.87. The highest BCUT2D eigenvalue weighted by Gasteiger charge is 2.22. The van der Waals surface area contributed by atoms with Crippen LogP contribution in [-0.2, 0) is 16.0 Å². The van der Waals surface area contributed by atoms with Gasteiger partial charge in [-0.2, -0.15) is 0 Å². The molecular weight excluding hydrogens is 228 g/mol. The molecule has 1 aromatic carbocycles. The Morgan fingerprint density at radius 3 is 3.00 bits per heavy atom. The minimum Gasteiger partial charge on any atom is -0.468 e. The number of hydrogen-bond donors (Lipinski definition) is 1. The van der Waals surface area contributed by atoms with Crippen molar-refractivity contribution >= 4 is 11.7 Å². The average molecular weight is 248 g/mol. The molecule has 1 unspecified atom stereocenters. The number of carbonyl (C=O) groups is 1. The molecule has 4 heteroatoms. The number of fused-ring (bicyclic) bond motifs is 1. The first-order chi connectivity index (χ1) is 8.76. The van der Waals surface area contributed by atoms with Crippen LogP contribution in [0.2, 0.25) is 0 Å². The van der Waals surface area contributed by atoms with E-state index in [4.69, 9.17) is 4.74 Å². The third kappa shape index (κ3) is 2.64. The Balaban J connectivity index is 1.94. The zero-order valence-electron chi connectivity index (χ0n) is 11.0. The molecule has 1 aromatic rings. The standard InChI is InChI=1S/C14H20N2O2/c1-15-12(14(17)18-2)8-10-16-9-7-11-5-3-4-6-13(11)16/h3-6,12,15H,7-10H2,1-2H3. The van der Waals surface area contributed by atoms with E-state index in [2.05, 4.69) is 34.5 Å². The van der Waals surface area contributed by atoms with Gasteiger partial charge in [-0.25, -0.2) is 0 Å². The Kier molecular flexibility index (Phi) is 4.20. The third-order valence-electron chi connectivity index (χ3n) is 3.51. The summed E-state index contributed by atoms with van der Waals surface area (Å²) in [5, 5.41) is 3.00. The molecule has 0 fully saturated rings. The summed E-state index contributed by atoms with van der Waals surface area (Å²) in [7, 11) is 3.22. The molecule has 1 N–H and O–H groups in total. The molecule has 18 heavy (non-hydrogen) atoms. The van der Waals surface area contributed by atoms with Gasteiger partial charge in [-0.15, -0.1) is 0 Å². The van der Waals surface area contributed by atoms with Gasteiger partial charge in [-0.1, -0.05) is 18.2 Å². The van der Waals surface area contributed by atoms with Crippen molar-refractivity contribution in [3.05, 3.63) is 29.8 Å². The molecule has 0 spiro atoms. The van der Waals surface area contributed by atoms with Gasteiger partial charge in [0.2, 0.25) is 0 Å². The van der Waals surface area contributed by atoms with Gasteiger partial charge in [0.25, 0.3) is 0 Å². The summed E-state index contributed by atoms with van der Waals surface area (Å²) < 4.78 is 4.77. The molecule has 0 bridgehead atoms. The van der Waals surface area contributed by atoms with Gasteiger partial charge in [-0.05, 0) is 31.5 Å². The van der Waals surface area contributed by atoms with E-state index in [1.165, 1.54) is 18.4 Å². The van der Waals surface area contributed by atoms with Gasteiger partial charge in [0, 0.05) is 18.8 Å². The number of likely N-dealkylation sites (N-methyl/N-ethyl adjacent to an activating group) is 1. The van der Waals surface area contributed by atoms with Crippen molar-refractivity contribution in [3.63, 3.8) is 0 Å². The van der Waals surface area contributed by atoms with Crippen molar-refractivity contribution in [2.75, 3.05) is 32.1 Å². The van der Waals surface area contributed by atoms with Crippen molar-refractivity contribution in [2.24, 2.45) is 0 Å². The molecule has 98 valence electrons. The number of ether oxygens (including phenoxy) is 1. The van der Waals surface area contributed by atoms with Crippen LogP contribution >= 0.6 is 0 Å². The van der Waals surface area contributed by atoms with Crippen LogP contribution in [0.3, 0.4) is 0 Å². The highest BCUT2D eigenvalue weighted by molar-refractivity contribution is 5.75. The van der Waals surface area contributed by atoms with Crippen molar-refractivity contribution in [1.82, 2.24) is 5.32 Å². The fourth-order valence-corrected chi connectivity index (χ4v) is 2.45. The molecule has 0 saturated carbocycles. The maximum absolute atomic E-state index is 11.5. The van der Waals surface area contributed by atoms with Gasteiger partial charge in [0.1, 0.15) is 6.04 Å². The summed E-state index contributed by atoms with van der Waals surface area (Å²) in [6.45, 7) is 1.91. The molecule has 0 amide bonds. The number of nitrogens with zero attached hydrogens (tertiary/aromatic N) is 1. The van der Waals surface area contributed by atoms with E-state index in [-0.39, 0.29) is 12.0 Å². The van der Waals surface area contributed by atoms with Crippen LogP contribution in [-0.4, -0.2) is 39.3 Å². The molecule has 1 aliphatic rings. The van der Waals surface area contributed by atoms with E-state index in [0.29, 0.717) is 0 Å². The summed E-state index contributed by atoms with van der Waals surface area (Å²) >= 11 is 0. The first-order valence-electron chi connectivity index (χ1n) is 6.34. The number of anilines is 1. The lowest BCUT2D eigenvalue weighted by atomic mass is 10.1. The predicted molar refractivity (Wildman–Crippen MR) is 71.8 cm³/mol. The summed E-state index contributed by atoms with van der Waals surface area (Å²) in [4.78, 5) is 13.8. The van der Waals surface area contributed by atoms with Crippen LogP contribution in [0.25, 0.3) is 0 Å². The van der Waals surface area contributed by atoms with Gasteiger partial charge >= 0.3 is 5.97 Å². The zero-order chi connectivity index (χ0) is 13.0. The SMILES string of the molecule is CNC(CCN1CCc2ccccc21)C(=O)OC. The number of nitrogens with one attached hydrogen (secondary N) is 1. The second-order valence-electron chi connectivity index (χ2n) is 4.52. The minimum atomic E-state index is -0.220. The molecular formula is C14H20N2O2. The Morgan fingerprint density at radius 1 is 1.50 bits per heavy atom. The third-order valence-corrected chi connectivity index (χ3v) is 3.51. The zero-order valence-corrected chi connectivity index (χ0v) is 11.0. The topological polar surface area (TPSA) is 41.6 Å². The summed E-state index contributed by atoms with van der Waals surface area (Å²) in [6, 6.07) is 8.24. The molecule has 0 saturated heterocycles. The Hall–Kier alpha value is -1.55. The fraction of sp³-hybridized carbons (Fsp3) is 0.500. The predicted octanol–water partition coefficient (Wildman–Crippen LogP) is 1.20. The smallest absolute Gasteiger partial charge is 0.322 e. The number of esters is 1. The Labute approximate surface area is 108 Å². The van der Waals surface area contributed by atoms with Crippen LogP contribution in [0.15, 0.2) is 24.3 Å². The maximum atomic E-state index is 11.5. The van der Waals surface area contributed by atoms with E-state index >= 15 is 0 Å². The van der Waals surface area contributed by atoms with E-state index in [1.54, 1.807) is 7.05 Å². The van der Waals surface area contributed by atoms with Crippen molar-refractivity contribution in [3.8, 4) is 0 Å². The number of rotatable bonds is 5. The molecule has 0 aromatic heterocycles. The number of carbonyl (C=O) groups excluding carboxylic acids is 1. The highest BCUT2D eigenvalue weighted by atomic mass is 16.5. The van der Waals surface area contributed by atoms with E-state index in [9.17, 15) is 4.79 Å². The van der Waals surface area contributed by atoms with Crippen molar-refractivity contribution in [2.45, 2.75) is 18.9 Å².